The fourth-order valence-electron chi connectivity index (χ4n) is 3.20. The van der Waals surface area contributed by atoms with E-state index in [1.165, 1.54) is 17.4 Å². The second-order valence-electron chi connectivity index (χ2n) is 6.68. The average Bonchev–Trinajstić information content (AvgIpc) is 3.03. The maximum absolute atomic E-state index is 12.7. The maximum atomic E-state index is 12.7. The van der Waals surface area contributed by atoms with Gasteiger partial charge in [0.15, 0.2) is 0 Å². The van der Waals surface area contributed by atoms with Crippen molar-refractivity contribution in [2.24, 2.45) is 5.92 Å². The molecule has 1 N–H and O–H groups in total. The molecule has 0 spiro atoms. The first kappa shape index (κ1) is 19.8. The molecule has 0 aliphatic heterocycles. The van der Waals surface area contributed by atoms with Crippen LogP contribution in [0, 0.1) is 17.2 Å². The number of ether oxygens (including phenoxy) is 1. The van der Waals surface area contributed by atoms with Crippen LogP contribution < -0.4 is 5.32 Å². The first-order valence-corrected chi connectivity index (χ1v) is 10.00. The van der Waals surface area contributed by atoms with E-state index in [0.29, 0.717) is 22.0 Å². The Hall–Kier alpha value is -2.98. The number of carbonyl (C=O) groups is 2. The minimum absolute atomic E-state index is 0.0410. The van der Waals surface area contributed by atoms with E-state index in [0.717, 1.165) is 29.7 Å². The van der Waals surface area contributed by atoms with Crippen LogP contribution in [-0.4, -0.2) is 23.5 Å². The highest BCUT2D eigenvalue weighted by atomic mass is 32.1. The maximum Gasteiger partial charge on any atom is 0.341 e. The Kier molecular flexibility index (Phi) is 6.22. The first-order valence-electron chi connectivity index (χ1n) is 9.18. The molecule has 0 aromatic carbocycles. The van der Waals surface area contributed by atoms with E-state index in [2.05, 4.69) is 17.2 Å². The van der Waals surface area contributed by atoms with Crippen molar-refractivity contribution in [2.45, 2.75) is 33.1 Å². The summed E-state index contributed by atoms with van der Waals surface area (Å²) in [4.78, 5) is 30.3. The molecule has 2 aromatic heterocycles. The molecule has 28 heavy (non-hydrogen) atoms. The summed E-state index contributed by atoms with van der Waals surface area (Å²) in [6.07, 6.45) is 7.33. The summed E-state index contributed by atoms with van der Waals surface area (Å²) >= 11 is 1.40. The summed E-state index contributed by atoms with van der Waals surface area (Å²) in [5.74, 6) is -0.441. The Balaban J connectivity index is 1.92. The summed E-state index contributed by atoms with van der Waals surface area (Å²) in [5.41, 5.74) is 2.06. The third-order valence-electron chi connectivity index (χ3n) is 4.60. The summed E-state index contributed by atoms with van der Waals surface area (Å²) in [7, 11) is 0. The molecule has 2 heterocycles. The van der Waals surface area contributed by atoms with Crippen molar-refractivity contribution in [1.82, 2.24) is 4.98 Å². The van der Waals surface area contributed by atoms with Gasteiger partial charge >= 0.3 is 5.97 Å². The molecule has 6 nitrogen and oxygen atoms in total. The molecule has 7 heteroatoms. The number of amides is 1. The molecular weight excluding hydrogens is 374 g/mol. The number of fused-ring (bicyclic) bond motifs is 1. The SMILES string of the molecule is CCOC(=O)c1c(NC(=O)/C(C#N)=C/c2ccncc2)sc2c1CCC(C)C2. The van der Waals surface area contributed by atoms with Crippen LogP contribution in [0.25, 0.3) is 6.08 Å². The number of thiophene rings is 1. The smallest absolute Gasteiger partial charge is 0.341 e. The summed E-state index contributed by atoms with van der Waals surface area (Å²) in [6, 6.07) is 5.35. The van der Waals surface area contributed by atoms with Crippen LogP contribution in [0.1, 0.15) is 46.6 Å². The van der Waals surface area contributed by atoms with Crippen LogP contribution in [0.5, 0.6) is 0 Å². The number of rotatable bonds is 5. The second kappa shape index (κ2) is 8.81. The van der Waals surface area contributed by atoms with Gasteiger partial charge in [-0.05, 0) is 61.4 Å². The monoisotopic (exact) mass is 395 g/mol. The Morgan fingerprint density at radius 2 is 2.18 bits per heavy atom. The van der Waals surface area contributed by atoms with Crippen molar-refractivity contribution in [3.8, 4) is 6.07 Å². The highest BCUT2D eigenvalue weighted by Gasteiger charge is 2.29. The second-order valence-corrected chi connectivity index (χ2v) is 7.79. The normalized spacial score (nSPS) is 16.0. The molecule has 0 saturated heterocycles. The lowest BCUT2D eigenvalue weighted by atomic mass is 9.88. The number of nitrogens with zero attached hydrogens (tertiary/aromatic N) is 2. The van der Waals surface area contributed by atoms with Gasteiger partial charge in [-0.2, -0.15) is 5.26 Å². The standard InChI is InChI=1S/C21H21N3O3S/c1-3-27-21(26)18-16-5-4-13(2)10-17(16)28-20(18)24-19(25)15(12-22)11-14-6-8-23-9-7-14/h6-9,11,13H,3-5,10H2,1-2H3,(H,24,25)/b15-11+. The van der Waals surface area contributed by atoms with Crippen molar-refractivity contribution < 1.29 is 14.3 Å². The van der Waals surface area contributed by atoms with Crippen molar-refractivity contribution in [3.63, 3.8) is 0 Å². The first-order chi connectivity index (χ1) is 13.5. The Morgan fingerprint density at radius 1 is 1.43 bits per heavy atom. The van der Waals surface area contributed by atoms with Gasteiger partial charge in [0.1, 0.15) is 16.6 Å². The number of carbonyl (C=O) groups excluding carboxylic acids is 2. The fourth-order valence-corrected chi connectivity index (χ4v) is 4.60. The topological polar surface area (TPSA) is 92.1 Å². The highest BCUT2D eigenvalue weighted by molar-refractivity contribution is 7.17. The molecule has 0 fully saturated rings. The zero-order valence-corrected chi connectivity index (χ0v) is 16.6. The van der Waals surface area contributed by atoms with E-state index < -0.39 is 11.9 Å². The Labute approximate surface area is 167 Å². The van der Waals surface area contributed by atoms with Crippen molar-refractivity contribution in [2.75, 3.05) is 11.9 Å². The van der Waals surface area contributed by atoms with Crippen LogP contribution in [0.3, 0.4) is 0 Å². The van der Waals surface area contributed by atoms with Crippen LogP contribution in [0.4, 0.5) is 5.00 Å². The molecule has 1 amide bonds. The van der Waals surface area contributed by atoms with E-state index in [-0.39, 0.29) is 12.2 Å². The molecule has 0 saturated carbocycles. The van der Waals surface area contributed by atoms with Crippen molar-refractivity contribution in [1.29, 1.82) is 5.26 Å². The predicted molar refractivity (Wildman–Crippen MR) is 108 cm³/mol. The average molecular weight is 395 g/mol. The molecule has 1 aliphatic rings. The number of nitriles is 1. The van der Waals surface area contributed by atoms with E-state index in [1.807, 2.05) is 6.07 Å². The van der Waals surface area contributed by atoms with Gasteiger partial charge in [-0.1, -0.05) is 6.92 Å². The molecule has 1 aliphatic carbocycles. The van der Waals surface area contributed by atoms with Crippen LogP contribution >= 0.6 is 11.3 Å². The van der Waals surface area contributed by atoms with Gasteiger partial charge in [-0.15, -0.1) is 11.3 Å². The fraction of sp³-hybridized carbons (Fsp3) is 0.333. The molecule has 0 bridgehead atoms. The quantitative estimate of drug-likeness (QED) is 0.469. The third kappa shape index (κ3) is 4.29. The molecular formula is C21H21N3O3S. The molecule has 144 valence electrons. The van der Waals surface area contributed by atoms with Crippen molar-refractivity contribution in [3.05, 3.63) is 51.7 Å². The predicted octanol–water partition coefficient (Wildman–Crippen LogP) is 3.99. The Morgan fingerprint density at radius 3 is 2.86 bits per heavy atom. The number of aromatic nitrogens is 1. The van der Waals surface area contributed by atoms with E-state index in [4.69, 9.17) is 4.74 Å². The lowest BCUT2D eigenvalue weighted by Gasteiger charge is -2.18. The summed E-state index contributed by atoms with van der Waals surface area (Å²) < 4.78 is 5.21. The number of hydrogen-bond acceptors (Lipinski definition) is 6. The number of esters is 1. The summed E-state index contributed by atoms with van der Waals surface area (Å²) in [5, 5.41) is 12.6. The van der Waals surface area contributed by atoms with Crippen molar-refractivity contribution >= 4 is 34.3 Å². The van der Waals surface area contributed by atoms with Gasteiger partial charge < -0.3 is 10.1 Å². The zero-order valence-electron chi connectivity index (χ0n) is 15.8. The number of hydrogen-bond donors (Lipinski definition) is 1. The van der Waals surface area contributed by atoms with Crippen LogP contribution in [0.2, 0.25) is 0 Å². The molecule has 1 atom stereocenters. The molecule has 1 unspecified atom stereocenters. The van der Waals surface area contributed by atoms with E-state index in [9.17, 15) is 14.9 Å². The third-order valence-corrected chi connectivity index (χ3v) is 5.77. The summed E-state index contributed by atoms with van der Waals surface area (Å²) in [6.45, 7) is 4.19. The number of anilines is 1. The molecule has 0 radical (unpaired) electrons. The largest absolute Gasteiger partial charge is 0.462 e. The number of pyridine rings is 1. The molecule has 2 aromatic rings. The highest BCUT2D eigenvalue weighted by Crippen LogP contribution is 2.40. The lowest BCUT2D eigenvalue weighted by molar-refractivity contribution is -0.112. The van der Waals surface area contributed by atoms with Gasteiger partial charge in [0.25, 0.3) is 5.91 Å². The van der Waals surface area contributed by atoms with Gasteiger partial charge in [0.05, 0.1) is 12.2 Å². The van der Waals surface area contributed by atoms with E-state index >= 15 is 0 Å². The van der Waals surface area contributed by atoms with Gasteiger partial charge in [-0.3, -0.25) is 9.78 Å². The zero-order chi connectivity index (χ0) is 20.1. The minimum atomic E-state index is -0.545. The number of nitrogens with one attached hydrogen (secondary N) is 1. The molecule has 3 rings (SSSR count). The Bertz CT molecular complexity index is 957. The van der Waals surface area contributed by atoms with Gasteiger partial charge in [0, 0.05) is 17.3 Å². The van der Waals surface area contributed by atoms with Crippen LogP contribution in [0.15, 0.2) is 30.1 Å². The van der Waals surface area contributed by atoms with Gasteiger partial charge in [-0.25, -0.2) is 4.79 Å². The minimum Gasteiger partial charge on any atom is -0.462 e. The van der Waals surface area contributed by atoms with Gasteiger partial charge in [0.2, 0.25) is 0 Å². The van der Waals surface area contributed by atoms with E-state index in [1.54, 1.807) is 31.5 Å². The lowest BCUT2D eigenvalue weighted by Crippen LogP contribution is -2.17. The van der Waals surface area contributed by atoms with Crippen LogP contribution in [-0.2, 0) is 22.4 Å².